The summed E-state index contributed by atoms with van der Waals surface area (Å²) in [6.45, 7) is 2.42. The highest BCUT2D eigenvalue weighted by atomic mass is 14.5. The molecule has 0 aliphatic rings. The van der Waals surface area contributed by atoms with E-state index in [2.05, 4.69) is 6.07 Å². The molecule has 56 valence electrons. The fraction of sp³-hybridized carbons (Fsp3) is 0.222. The van der Waals surface area contributed by atoms with Crippen molar-refractivity contribution in [1.82, 2.24) is 0 Å². The highest BCUT2D eigenvalue weighted by Gasteiger charge is 1.99. The molecular weight excluding hydrogens is 136 g/mol. The quantitative estimate of drug-likeness (QED) is 0.649. The second kappa shape index (κ2) is 3.18. The number of hydrogen-bond donors (Lipinski definition) is 1. The van der Waals surface area contributed by atoms with Crippen LogP contribution in [0.4, 0.5) is 0 Å². The maximum absolute atomic E-state index is 8.65. The Kier molecular flexibility index (Phi) is 2.25. The zero-order valence-corrected chi connectivity index (χ0v) is 6.46. The molecule has 0 saturated carbocycles. The Labute approximate surface area is 66.3 Å². The van der Waals surface area contributed by atoms with Gasteiger partial charge >= 0.3 is 0 Å². The summed E-state index contributed by atoms with van der Waals surface area (Å²) in [4.78, 5) is 0. The summed E-state index contributed by atoms with van der Waals surface area (Å²) in [7, 11) is 0. The normalized spacial score (nSPS) is 9.18. The van der Waals surface area contributed by atoms with Crippen LogP contribution in [-0.4, -0.2) is 0 Å². The first-order valence-electron chi connectivity index (χ1n) is 3.48. The van der Waals surface area contributed by atoms with Crippen LogP contribution >= 0.6 is 0 Å². The molecule has 0 aromatic heterocycles. The molecule has 0 atom stereocenters. The smallest absolute Gasteiger partial charge is 0.0994 e. The van der Waals surface area contributed by atoms with E-state index in [9.17, 15) is 0 Å². The molecule has 0 unspecified atom stereocenters. The highest BCUT2D eigenvalue weighted by molar-refractivity contribution is 5.41. The summed E-state index contributed by atoms with van der Waals surface area (Å²) in [6.07, 6.45) is 0. The molecule has 0 saturated heterocycles. The van der Waals surface area contributed by atoms with Crippen LogP contribution in [0.1, 0.15) is 16.7 Å². The lowest BCUT2D eigenvalue weighted by molar-refractivity contribution is 1.05. The van der Waals surface area contributed by atoms with Crippen molar-refractivity contribution >= 4 is 0 Å². The molecule has 2 heteroatoms. The van der Waals surface area contributed by atoms with Crippen molar-refractivity contribution < 1.29 is 0 Å². The monoisotopic (exact) mass is 146 g/mol. The summed E-state index contributed by atoms with van der Waals surface area (Å²) < 4.78 is 0. The Morgan fingerprint density at radius 2 is 2.27 bits per heavy atom. The van der Waals surface area contributed by atoms with Crippen LogP contribution in [-0.2, 0) is 6.54 Å². The summed E-state index contributed by atoms with van der Waals surface area (Å²) >= 11 is 0. The molecule has 2 N–H and O–H groups in total. The number of hydrogen-bond acceptors (Lipinski definition) is 2. The molecule has 1 aromatic carbocycles. The van der Waals surface area contributed by atoms with Crippen molar-refractivity contribution in [3.63, 3.8) is 0 Å². The van der Waals surface area contributed by atoms with Crippen LogP contribution in [0.3, 0.4) is 0 Å². The predicted molar refractivity (Wildman–Crippen MR) is 43.8 cm³/mol. The zero-order chi connectivity index (χ0) is 8.27. The van der Waals surface area contributed by atoms with Gasteiger partial charge in [0, 0.05) is 6.54 Å². The van der Waals surface area contributed by atoms with E-state index < -0.39 is 0 Å². The van der Waals surface area contributed by atoms with Gasteiger partial charge in [0.15, 0.2) is 0 Å². The Bertz CT molecular complexity index is 297. The summed E-state index contributed by atoms with van der Waals surface area (Å²) in [5.41, 5.74) is 8.22. The lowest BCUT2D eigenvalue weighted by Crippen LogP contribution is -1.99. The van der Waals surface area contributed by atoms with E-state index in [0.717, 1.165) is 11.1 Å². The summed E-state index contributed by atoms with van der Waals surface area (Å²) in [5.74, 6) is 0. The standard InChI is InChI=1S/C9H10N2/c1-7-8(5-10)3-2-4-9(7)6-11/h2-4H,5,10H2,1H3. The van der Waals surface area contributed by atoms with Crippen LogP contribution in [0, 0.1) is 18.3 Å². The second-order valence-electron chi connectivity index (χ2n) is 2.41. The molecule has 0 spiro atoms. The van der Waals surface area contributed by atoms with Gasteiger partial charge in [-0.25, -0.2) is 0 Å². The summed E-state index contributed by atoms with van der Waals surface area (Å²) in [6, 6.07) is 7.71. The third kappa shape index (κ3) is 1.39. The lowest BCUT2D eigenvalue weighted by Gasteiger charge is -2.02. The van der Waals surface area contributed by atoms with Crippen molar-refractivity contribution in [3.05, 3.63) is 34.9 Å². The fourth-order valence-electron chi connectivity index (χ4n) is 1.03. The van der Waals surface area contributed by atoms with Gasteiger partial charge in [0.2, 0.25) is 0 Å². The highest BCUT2D eigenvalue weighted by Crippen LogP contribution is 2.11. The predicted octanol–water partition coefficient (Wildman–Crippen LogP) is 1.33. The van der Waals surface area contributed by atoms with Crippen molar-refractivity contribution in [2.45, 2.75) is 13.5 Å². The molecule has 0 aliphatic heterocycles. The van der Waals surface area contributed by atoms with Crippen molar-refractivity contribution in [3.8, 4) is 6.07 Å². The van der Waals surface area contributed by atoms with Gasteiger partial charge in [0.05, 0.1) is 11.6 Å². The average Bonchev–Trinajstić information content (AvgIpc) is 2.05. The van der Waals surface area contributed by atoms with Crippen LogP contribution in [0.15, 0.2) is 18.2 Å². The first-order chi connectivity index (χ1) is 5.29. The van der Waals surface area contributed by atoms with E-state index in [-0.39, 0.29) is 0 Å². The minimum Gasteiger partial charge on any atom is -0.326 e. The zero-order valence-electron chi connectivity index (χ0n) is 6.46. The third-order valence-corrected chi connectivity index (χ3v) is 1.79. The first kappa shape index (κ1) is 7.77. The first-order valence-corrected chi connectivity index (χ1v) is 3.48. The van der Waals surface area contributed by atoms with E-state index >= 15 is 0 Å². The minimum absolute atomic E-state index is 0.501. The fourth-order valence-corrected chi connectivity index (χ4v) is 1.03. The second-order valence-corrected chi connectivity index (χ2v) is 2.41. The third-order valence-electron chi connectivity index (χ3n) is 1.79. The Morgan fingerprint density at radius 3 is 2.82 bits per heavy atom. The average molecular weight is 146 g/mol. The van der Waals surface area contributed by atoms with Gasteiger partial charge in [0.1, 0.15) is 0 Å². The van der Waals surface area contributed by atoms with Gasteiger partial charge in [-0.15, -0.1) is 0 Å². The molecule has 0 fully saturated rings. The minimum atomic E-state index is 0.501. The van der Waals surface area contributed by atoms with Gasteiger partial charge in [-0.2, -0.15) is 5.26 Å². The van der Waals surface area contributed by atoms with Gasteiger partial charge in [-0.3, -0.25) is 0 Å². The molecule has 0 amide bonds. The Morgan fingerprint density at radius 1 is 1.55 bits per heavy atom. The molecule has 2 nitrogen and oxygen atoms in total. The molecule has 0 bridgehead atoms. The van der Waals surface area contributed by atoms with Gasteiger partial charge in [-0.1, -0.05) is 12.1 Å². The molecule has 1 aromatic rings. The van der Waals surface area contributed by atoms with Crippen molar-refractivity contribution in [1.29, 1.82) is 5.26 Å². The molecular formula is C9H10N2. The maximum Gasteiger partial charge on any atom is 0.0994 e. The molecule has 0 heterocycles. The van der Waals surface area contributed by atoms with Crippen LogP contribution in [0.25, 0.3) is 0 Å². The van der Waals surface area contributed by atoms with Crippen LogP contribution in [0.2, 0.25) is 0 Å². The number of rotatable bonds is 1. The number of nitriles is 1. The maximum atomic E-state index is 8.65. The van der Waals surface area contributed by atoms with E-state index in [1.807, 2.05) is 19.1 Å². The van der Waals surface area contributed by atoms with Gasteiger partial charge in [0.25, 0.3) is 0 Å². The molecule has 0 radical (unpaired) electrons. The van der Waals surface area contributed by atoms with Gasteiger partial charge in [-0.05, 0) is 24.1 Å². The molecule has 1 rings (SSSR count). The number of nitrogens with zero attached hydrogens (tertiary/aromatic N) is 1. The summed E-state index contributed by atoms with van der Waals surface area (Å²) in [5, 5.41) is 8.65. The Balaban J connectivity index is 3.23. The lowest BCUT2D eigenvalue weighted by atomic mass is 10.0. The number of nitrogens with two attached hydrogens (primary N) is 1. The molecule has 11 heavy (non-hydrogen) atoms. The topological polar surface area (TPSA) is 49.8 Å². The van der Waals surface area contributed by atoms with E-state index in [0.29, 0.717) is 12.1 Å². The van der Waals surface area contributed by atoms with E-state index in [1.54, 1.807) is 6.07 Å². The van der Waals surface area contributed by atoms with E-state index in [1.165, 1.54) is 0 Å². The van der Waals surface area contributed by atoms with E-state index in [4.69, 9.17) is 11.0 Å². The molecule has 0 aliphatic carbocycles. The van der Waals surface area contributed by atoms with Crippen LogP contribution < -0.4 is 5.73 Å². The van der Waals surface area contributed by atoms with Crippen molar-refractivity contribution in [2.75, 3.05) is 0 Å². The van der Waals surface area contributed by atoms with Crippen LogP contribution in [0.5, 0.6) is 0 Å². The largest absolute Gasteiger partial charge is 0.326 e. The van der Waals surface area contributed by atoms with Gasteiger partial charge < -0.3 is 5.73 Å². The van der Waals surface area contributed by atoms with Crippen molar-refractivity contribution in [2.24, 2.45) is 5.73 Å². The Hall–Kier alpha value is -1.33. The SMILES string of the molecule is Cc1c(C#N)cccc1CN. The number of benzene rings is 1.